The van der Waals surface area contributed by atoms with Crippen molar-refractivity contribution in [3.63, 3.8) is 0 Å². The number of non-ortho nitro benzene ring substituents is 1. The summed E-state index contributed by atoms with van der Waals surface area (Å²) in [5.41, 5.74) is 1.35. The maximum Gasteiger partial charge on any atom is 0.411 e. The maximum atomic E-state index is 12.5. The average Bonchev–Trinajstić information content (AvgIpc) is 3.27. The molecule has 2 aliphatic heterocycles. The van der Waals surface area contributed by atoms with Crippen LogP contribution in [-0.4, -0.2) is 53.0 Å². The van der Waals surface area contributed by atoms with Crippen molar-refractivity contribution in [2.75, 3.05) is 13.2 Å². The van der Waals surface area contributed by atoms with E-state index in [1.165, 1.54) is 29.2 Å². The van der Waals surface area contributed by atoms with Crippen molar-refractivity contribution < 1.29 is 28.9 Å². The summed E-state index contributed by atoms with van der Waals surface area (Å²) < 4.78 is 5.25. The van der Waals surface area contributed by atoms with Crippen LogP contribution in [0.15, 0.2) is 24.3 Å². The Labute approximate surface area is 153 Å². The molecule has 2 N–H and O–H groups in total. The van der Waals surface area contributed by atoms with Gasteiger partial charge in [-0.2, -0.15) is 0 Å². The molecule has 1 aromatic carbocycles. The first-order chi connectivity index (χ1) is 12.9. The molecule has 0 bridgehead atoms. The number of ether oxygens (including phenoxy) is 1. The van der Waals surface area contributed by atoms with Gasteiger partial charge in [-0.1, -0.05) is 0 Å². The Morgan fingerprint density at radius 2 is 2.22 bits per heavy atom. The highest BCUT2D eigenvalue weighted by Gasteiger charge is 2.47. The molecule has 2 saturated heterocycles. The van der Waals surface area contributed by atoms with Gasteiger partial charge < -0.3 is 4.74 Å². The van der Waals surface area contributed by atoms with Crippen LogP contribution in [-0.2, 0) is 25.8 Å². The number of hydroxylamine groups is 1. The molecule has 2 fully saturated rings. The van der Waals surface area contributed by atoms with E-state index in [1.54, 1.807) is 0 Å². The molecule has 11 heteroatoms. The van der Waals surface area contributed by atoms with E-state index in [0.717, 1.165) is 0 Å². The van der Waals surface area contributed by atoms with E-state index in [0.29, 0.717) is 31.2 Å². The van der Waals surface area contributed by atoms with Crippen molar-refractivity contribution in [1.82, 2.24) is 15.7 Å². The lowest BCUT2D eigenvalue weighted by molar-refractivity contribution is -0.384. The Morgan fingerprint density at radius 3 is 2.81 bits per heavy atom. The molecule has 3 rings (SSSR count). The first kappa shape index (κ1) is 18.7. The minimum absolute atomic E-state index is 0.0418. The van der Waals surface area contributed by atoms with Crippen LogP contribution in [0.2, 0.25) is 0 Å². The van der Waals surface area contributed by atoms with Crippen molar-refractivity contribution >= 4 is 24.0 Å². The first-order valence-corrected chi connectivity index (χ1v) is 8.28. The van der Waals surface area contributed by atoms with Crippen molar-refractivity contribution in [1.29, 1.82) is 0 Å². The van der Waals surface area contributed by atoms with Gasteiger partial charge in [0.05, 0.1) is 11.5 Å². The molecular formula is C16H18N4O7. The van der Waals surface area contributed by atoms with Crippen molar-refractivity contribution in [3.8, 4) is 0 Å². The lowest BCUT2D eigenvalue weighted by Crippen LogP contribution is -2.63. The number of carbonyl (C=O) groups is 3. The Morgan fingerprint density at radius 1 is 1.48 bits per heavy atom. The SMILES string of the molecule is O=C[C@]1(N[C@H]2CONC2=O)CCCN1C(=O)OCc1ccc([N+](=O)[O-])cc1. The molecule has 2 atom stereocenters. The lowest BCUT2D eigenvalue weighted by Gasteiger charge is -2.35. The second-order valence-corrected chi connectivity index (χ2v) is 6.25. The first-order valence-electron chi connectivity index (χ1n) is 8.28. The summed E-state index contributed by atoms with van der Waals surface area (Å²) in [6.07, 6.45) is 0.781. The quantitative estimate of drug-likeness (QED) is 0.408. The minimum atomic E-state index is -1.34. The van der Waals surface area contributed by atoms with Gasteiger partial charge in [0.15, 0.2) is 11.9 Å². The fourth-order valence-corrected chi connectivity index (χ4v) is 3.09. The Balaban J connectivity index is 1.64. The molecule has 27 heavy (non-hydrogen) atoms. The number of carbonyl (C=O) groups excluding carboxylic acids is 3. The van der Waals surface area contributed by atoms with Gasteiger partial charge in [0.25, 0.3) is 11.6 Å². The van der Waals surface area contributed by atoms with Crippen LogP contribution in [0.5, 0.6) is 0 Å². The number of amides is 2. The Bertz CT molecular complexity index is 754. The van der Waals surface area contributed by atoms with E-state index in [2.05, 4.69) is 10.8 Å². The molecule has 0 radical (unpaired) electrons. The third-order valence-electron chi connectivity index (χ3n) is 4.51. The molecule has 2 heterocycles. The highest BCUT2D eigenvalue weighted by atomic mass is 16.7. The predicted octanol–water partition coefficient (Wildman–Crippen LogP) is 0.242. The van der Waals surface area contributed by atoms with Crippen molar-refractivity contribution in [3.05, 3.63) is 39.9 Å². The number of hydrogen-bond donors (Lipinski definition) is 2. The molecule has 0 unspecified atom stereocenters. The average molecular weight is 378 g/mol. The normalized spacial score (nSPS) is 24.5. The van der Waals surface area contributed by atoms with Gasteiger partial charge in [-0.3, -0.25) is 34.8 Å². The van der Waals surface area contributed by atoms with Crippen LogP contribution in [0.3, 0.4) is 0 Å². The predicted molar refractivity (Wildman–Crippen MR) is 89.0 cm³/mol. The third-order valence-corrected chi connectivity index (χ3v) is 4.51. The molecule has 144 valence electrons. The van der Waals surface area contributed by atoms with E-state index in [4.69, 9.17) is 9.57 Å². The van der Waals surface area contributed by atoms with E-state index in [9.17, 15) is 24.5 Å². The van der Waals surface area contributed by atoms with Crippen molar-refractivity contribution in [2.45, 2.75) is 31.2 Å². The number of aldehydes is 1. The van der Waals surface area contributed by atoms with Gasteiger partial charge in [0.2, 0.25) is 0 Å². The molecule has 1 aromatic rings. The number of likely N-dealkylation sites (tertiary alicyclic amines) is 1. The summed E-state index contributed by atoms with van der Waals surface area (Å²) in [6.45, 7) is 0.232. The summed E-state index contributed by atoms with van der Waals surface area (Å²) >= 11 is 0. The number of nitro groups is 1. The molecule has 11 nitrogen and oxygen atoms in total. The van der Waals surface area contributed by atoms with Crippen LogP contribution < -0.4 is 10.8 Å². The van der Waals surface area contributed by atoms with Gasteiger partial charge in [0, 0.05) is 18.7 Å². The van der Waals surface area contributed by atoms with Gasteiger partial charge >= 0.3 is 6.09 Å². The monoisotopic (exact) mass is 378 g/mol. The second kappa shape index (κ2) is 7.68. The topological polar surface area (TPSA) is 140 Å². The van der Waals surface area contributed by atoms with Gasteiger partial charge in [-0.25, -0.2) is 10.3 Å². The highest BCUT2D eigenvalue weighted by Crippen LogP contribution is 2.27. The summed E-state index contributed by atoms with van der Waals surface area (Å²) in [7, 11) is 0. The fraction of sp³-hybridized carbons (Fsp3) is 0.438. The smallest absolute Gasteiger partial charge is 0.411 e. The largest absolute Gasteiger partial charge is 0.444 e. The molecule has 0 aromatic heterocycles. The second-order valence-electron chi connectivity index (χ2n) is 6.25. The number of hydrogen-bond acceptors (Lipinski definition) is 8. The molecule has 2 aliphatic rings. The molecule has 0 spiro atoms. The van der Waals surface area contributed by atoms with Crippen LogP contribution in [0.25, 0.3) is 0 Å². The van der Waals surface area contributed by atoms with E-state index in [1.807, 2.05) is 0 Å². The molecule has 0 saturated carbocycles. The van der Waals surface area contributed by atoms with Gasteiger partial charge in [0.1, 0.15) is 12.6 Å². The number of nitrogens with zero attached hydrogens (tertiary/aromatic N) is 2. The zero-order valence-corrected chi connectivity index (χ0v) is 14.3. The maximum absolute atomic E-state index is 12.5. The number of nitrogens with one attached hydrogen (secondary N) is 2. The van der Waals surface area contributed by atoms with Crippen LogP contribution in [0, 0.1) is 10.1 Å². The van der Waals surface area contributed by atoms with Crippen LogP contribution >= 0.6 is 0 Å². The number of rotatable bonds is 6. The van der Waals surface area contributed by atoms with Crippen LogP contribution in [0.1, 0.15) is 18.4 Å². The summed E-state index contributed by atoms with van der Waals surface area (Å²) in [5.74, 6) is -0.415. The van der Waals surface area contributed by atoms with Gasteiger partial charge in [-0.05, 0) is 30.5 Å². The minimum Gasteiger partial charge on any atom is -0.444 e. The van der Waals surface area contributed by atoms with Crippen LogP contribution in [0.4, 0.5) is 10.5 Å². The Kier molecular flexibility index (Phi) is 5.33. The lowest BCUT2D eigenvalue weighted by atomic mass is 10.1. The molecule has 2 amide bonds. The third kappa shape index (κ3) is 3.88. The fourth-order valence-electron chi connectivity index (χ4n) is 3.09. The Hall–Kier alpha value is -3.05. The number of nitro benzene ring substituents is 1. The van der Waals surface area contributed by atoms with Gasteiger partial charge in [-0.15, -0.1) is 0 Å². The van der Waals surface area contributed by atoms with E-state index < -0.39 is 28.6 Å². The van der Waals surface area contributed by atoms with Crippen molar-refractivity contribution in [2.24, 2.45) is 0 Å². The number of benzene rings is 1. The highest BCUT2D eigenvalue weighted by molar-refractivity contribution is 5.84. The molecule has 0 aliphatic carbocycles. The summed E-state index contributed by atoms with van der Waals surface area (Å²) in [5, 5.41) is 13.5. The van der Waals surface area contributed by atoms with E-state index in [-0.39, 0.29) is 18.9 Å². The standard InChI is InChI=1S/C16H18N4O7/c21-10-16(17-13-9-27-18-14(13)22)6-1-7-19(16)15(23)26-8-11-2-4-12(5-3-11)20(24)25/h2-5,10,13,17H,1,6-9H2,(H,18,22)/t13-,16-/m0/s1. The van der Waals surface area contributed by atoms with E-state index >= 15 is 0 Å². The molecular weight excluding hydrogens is 360 g/mol. The summed E-state index contributed by atoms with van der Waals surface area (Å²) in [6, 6.07) is 4.85. The zero-order chi connectivity index (χ0) is 19.4. The zero-order valence-electron chi connectivity index (χ0n) is 14.3. The summed E-state index contributed by atoms with van der Waals surface area (Å²) in [4.78, 5) is 52.2.